The normalized spacial score (nSPS) is 11.2. The van der Waals surface area contributed by atoms with E-state index in [-0.39, 0.29) is 0 Å². The van der Waals surface area contributed by atoms with Crippen molar-refractivity contribution in [2.75, 3.05) is 0 Å². The third-order valence-corrected chi connectivity index (χ3v) is 4.71. The van der Waals surface area contributed by atoms with Gasteiger partial charge in [-0.15, -0.1) is 10.2 Å². The summed E-state index contributed by atoms with van der Waals surface area (Å²) in [5.74, 6) is 0.616. The third kappa shape index (κ3) is 2.73. The first-order valence-electron chi connectivity index (χ1n) is 7.85. The second-order valence-electron chi connectivity index (χ2n) is 5.76. The highest BCUT2D eigenvalue weighted by atomic mass is 79.9. The molecule has 0 aliphatic carbocycles. The molecule has 0 saturated carbocycles. The third-order valence-electron chi connectivity index (χ3n) is 4.25. The molecule has 120 valence electrons. The lowest BCUT2D eigenvalue weighted by Crippen LogP contribution is -1.89. The van der Waals surface area contributed by atoms with E-state index in [0.717, 1.165) is 22.9 Å². The van der Waals surface area contributed by atoms with Gasteiger partial charge in [-0.05, 0) is 46.9 Å². The van der Waals surface area contributed by atoms with Crippen LogP contribution in [0.4, 0.5) is 0 Å². The molecule has 0 atom stereocenters. The molecule has 0 unspecified atom stereocenters. The van der Waals surface area contributed by atoms with Crippen molar-refractivity contribution in [3.63, 3.8) is 0 Å². The first-order valence-corrected chi connectivity index (χ1v) is 8.65. The van der Waals surface area contributed by atoms with E-state index in [2.05, 4.69) is 78.9 Å². The van der Waals surface area contributed by atoms with E-state index in [1.54, 1.807) is 0 Å². The van der Waals surface area contributed by atoms with E-state index in [9.17, 15) is 0 Å². The zero-order valence-corrected chi connectivity index (χ0v) is 14.8. The molecule has 0 saturated heterocycles. The lowest BCUT2D eigenvalue weighted by molar-refractivity contribution is 0.881. The van der Waals surface area contributed by atoms with Gasteiger partial charge in [-0.1, -0.05) is 47.1 Å². The van der Waals surface area contributed by atoms with Gasteiger partial charge < -0.3 is 4.98 Å². The number of H-pyrrole nitrogens is 2. The molecule has 0 amide bonds. The molecule has 0 radical (unpaired) electrons. The van der Waals surface area contributed by atoms with Gasteiger partial charge in [0.15, 0.2) is 0 Å². The number of rotatable bonds is 4. The van der Waals surface area contributed by atoms with Crippen molar-refractivity contribution in [2.45, 2.75) is 19.8 Å². The van der Waals surface area contributed by atoms with Crippen molar-refractivity contribution in [3.05, 3.63) is 63.8 Å². The summed E-state index contributed by atoms with van der Waals surface area (Å²) in [4.78, 5) is 3.44. The molecule has 2 aromatic heterocycles. The Bertz CT molecular complexity index is 971. The Kier molecular flexibility index (Phi) is 3.90. The minimum absolute atomic E-state index is 0.616. The van der Waals surface area contributed by atoms with Crippen LogP contribution in [0.25, 0.3) is 22.3 Å². The molecule has 2 heterocycles. The summed E-state index contributed by atoms with van der Waals surface area (Å²) in [6.45, 7) is 2.18. The Morgan fingerprint density at radius 3 is 2.62 bits per heavy atom. The number of halogens is 1. The molecule has 0 bridgehead atoms. The molecule has 2 aromatic carbocycles. The highest BCUT2D eigenvalue weighted by Gasteiger charge is 2.10. The number of aromatic amines is 2. The van der Waals surface area contributed by atoms with Crippen LogP contribution >= 0.6 is 15.9 Å². The van der Waals surface area contributed by atoms with Crippen molar-refractivity contribution in [2.24, 2.45) is 0 Å². The van der Waals surface area contributed by atoms with E-state index in [0.29, 0.717) is 5.82 Å². The van der Waals surface area contributed by atoms with Crippen LogP contribution in [0.3, 0.4) is 0 Å². The van der Waals surface area contributed by atoms with Gasteiger partial charge in [0.2, 0.25) is 5.82 Å². The van der Waals surface area contributed by atoms with Crippen LogP contribution in [-0.2, 0) is 12.8 Å². The van der Waals surface area contributed by atoms with Gasteiger partial charge in [-0.3, -0.25) is 0 Å². The quantitative estimate of drug-likeness (QED) is 0.554. The molecule has 6 heteroatoms. The maximum absolute atomic E-state index is 4.00. The summed E-state index contributed by atoms with van der Waals surface area (Å²) in [6.07, 6.45) is 4.00. The van der Waals surface area contributed by atoms with E-state index in [1.165, 1.54) is 27.6 Å². The van der Waals surface area contributed by atoms with Gasteiger partial charge in [0.25, 0.3) is 0 Å². The molecular formula is C18H16BrN5. The molecule has 0 spiro atoms. The Morgan fingerprint density at radius 1 is 1.08 bits per heavy atom. The summed E-state index contributed by atoms with van der Waals surface area (Å²) >= 11 is 3.62. The summed E-state index contributed by atoms with van der Waals surface area (Å²) < 4.78 is 1.13. The van der Waals surface area contributed by atoms with E-state index in [4.69, 9.17) is 0 Å². The number of aromatic nitrogens is 5. The smallest absolute Gasteiger partial charge is 0.204 e. The second kappa shape index (κ2) is 6.20. The average molecular weight is 382 g/mol. The van der Waals surface area contributed by atoms with Crippen molar-refractivity contribution >= 4 is 26.8 Å². The van der Waals surface area contributed by atoms with Crippen LogP contribution in [-0.4, -0.2) is 25.6 Å². The zero-order valence-electron chi connectivity index (χ0n) is 13.2. The Hall–Kier alpha value is -2.47. The fourth-order valence-electron chi connectivity index (χ4n) is 3.02. The lowest BCUT2D eigenvalue weighted by atomic mass is 10.0. The number of benzene rings is 2. The molecular weight excluding hydrogens is 366 g/mol. The van der Waals surface area contributed by atoms with Gasteiger partial charge in [0, 0.05) is 27.1 Å². The lowest BCUT2D eigenvalue weighted by Gasteiger charge is -2.04. The number of aryl methyl sites for hydroxylation is 1. The Balaban J connectivity index is 1.66. The molecule has 24 heavy (non-hydrogen) atoms. The predicted octanol–water partition coefficient (Wildman–Crippen LogP) is 4.26. The van der Waals surface area contributed by atoms with Crippen molar-refractivity contribution in [1.29, 1.82) is 0 Å². The van der Waals surface area contributed by atoms with Crippen LogP contribution in [0, 0.1) is 0 Å². The van der Waals surface area contributed by atoms with Gasteiger partial charge in [-0.25, -0.2) is 0 Å². The summed E-state index contributed by atoms with van der Waals surface area (Å²) in [7, 11) is 0. The fraction of sp³-hybridized carbons (Fsp3) is 0.167. The van der Waals surface area contributed by atoms with Crippen LogP contribution in [0.2, 0.25) is 0 Å². The molecule has 5 nitrogen and oxygen atoms in total. The highest BCUT2D eigenvalue weighted by molar-refractivity contribution is 9.10. The SMILES string of the molecule is CCc1cc(Br)cc2c(Cc3ccc(-c4nn[nH]n4)cc3)c[nH]c12. The van der Waals surface area contributed by atoms with E-state index >= 15 is 0 Å². The maximum Gasteiger partial charge on any atom is 0.204 e. The summed E-state index contributed by atoms with van der Waals surface area (Å²) in [6, 6.07) is 12.7. The highest BCUT2D eigenvalue weighted by Crippen LogP contribution is 2.28. The predicted molar refractivity (Wildman–Crippen MR) is 97.8 cm³/mol. The van der Waals surface area contributed by atoms with Gasteiger partial charge in [0.1, 0.15) is 0 Å². The summed E-state index contributed by atoms with van der Waals surface area (Å²) in [5, 5.41) is 15.4. The van der Waals surface area contributed by atoms with Gasteiger partial charge in [0.05, 0.1) is 0 Å². The van der Waals surface area contributed by atoms with Crippen molar-refractivity contribution < 1.29 is 0 Å². The zero-order chi connectivity index (χ0) is 16.5. The van der Waals surface area contributed by atoms with Gasteiger partial charge >= 0.3 is 0 Å². The number of nitrogens with zero attached hydrogens (tertiary/aromatic N) is 3. The van der Waals surface area contributed by atoms with Crippen molar-refractivity contribution in [3.8, 4) is 11.4 Å². The number of hydrogen-bond donors (Lipinski definition) is 2. The average Bonchev–Trinajstić information content (AvgIpc) is 3.26. The van der Waals surface area contributed by atoms with Crippen LogP contribution in [0.15, 0.2) is 47.1 Å². The number of tetrazole rings is 1. The Morgan fingerprint density at radius 2 is 1.92 bits per heavy atom. The molecule has 0 aliphatic rings. The first-order chi connectivity index (χ1) is 11.7. The monoisotopic (exact) mass is 381 g/mol. The fourth-order valence-corrected chi connectivity index (χ4v) is 3.53. The topological polar surface area (TPSA) is 70.2 Å². The van der Waals surface area contributed by atoms with Crippen LogP contribution in [0.1, 0.15) is 23.6 Å². The van der Waals surface area contributed by atoms with E-state index in [1.807, 2.05) is 12.1 Å². The van der Waals surface area contributed by atoms with Gasteiger partial charge in [-0.2, -0.15) is 5.21 Å². The second-order valence-corrected chi connectivity index (χ2v) is 6.68. The van der Waals surface area contributed by atoms with E-state index < -0.39 is 0 Å². The largest absolute Gasteiger partial charge is 0.361 e. The molecule has 0 aliphatic heterocycles. The molecule has 0 fully saturated rings. The number of fused-ring (bicyclic) bond motifs is 1. The standard InChI is InChI=1S/C18H16BrN5/c1-2-12-8-15(19)9-16-14(10-20-17(12)16)7-11-3-5-13(6-4-11)18-21-23-24-22-18/h3-6,8-10,20H,2,7H2,1H3,(H,21,22,23,24). The van der Waals surface area contributed by atoms with Crippen molar-refractivity contribution in [1.82, 2.24) is 25.6 Å². The van der Waals surface area contributed by atoms with Crippen LogP contribution < -0.4 is 0 Å². The minimum atomic E-state index is 0.616. The maximum atomic E-state index is 4.00. The Labute approximate surface area is 147 Å². The molecule has 4 rings (SSSR count). The molecule has 2 N–H and O–H groups in total. The number of hydrogen-bond acceptors (Lipinski definition) is 3. The first kappa shape index (κ1) is 15.1. The van der Waals surface area contributed by atoms with Crippen LogP contribution in [0.5, 0.6) is 0 Å². The minimum Gasteiger partial charge on any atom is -0.361 e. The number of nitrogens with one attached hydrogen (secondary N) is 2. The molecule has 4 aromatic rings. The summed E-state index contributed by atoms with van der Waals surface area (Å²) in [5.41, 5.74) is 6.08.